The minimum Gasteiger partial charge on any atom is -0.411 e. The van der Waals surface area contributed by atoms with Crippen LogP contribution in [0.3, 0.4) is 0 Å². The lowest BCUT2D eigenvalue weighted by Gasteiger charge is -1.93. The maximum absolute atomic E-state index is 10.6. The minimum atomic E-state index is -0.491. The van der Waals surface area contributed by atoms with Crippen LogP contribution in [0.15, 0.2) is 44.4 Å². The topological polar surface area (TPSA) is 95.0 Å². The number of halogens is 1. The fourth-order valence-electron chi connectivity index (χ4n) is 1.42. The molecular formula is C11H5ClN4O3S2. The fraction of sp³-hybridized carbons (Fsp3) is 0. The van der Waals surface area contributed by atoms with E-state index in [1.807, 2.05) is 0 Å². The predicted molar refractivity (Wildman–Crippen MR) is 77.6 cm³/mol. The van der Waals surface area contributed by atoms with Gasteiger partial charge in [0.2, 0.25) is 5.89 Å². The van der Waals surface area contributed by atoms with Crippen molar-refractivity contribution in [3.05, 3.63) is 45.6 Å². The maximum Gasteiger partial charge on any atom is 0.344 e. The van der Waals surface area contributed by atoms with Crippen molar-refractivity contribution >= 4 is 39.7 Å². The van der Waals surface area contributed by atoms with E-state index in [2.05, 4.69) is 15.2 Å². The van der Waals surface area contributed by atoms with Gasteiger partial charge in [0, 0.05) is 22.3 Å². The zero-order valence-electron chi connectivity index (χ0n) is 10.1. The molecule has 0 amide bonds. The van der Waals surface area contributed by atoms with Crippen molar-refractivity contribution in [2.45, 2.75) is 9.56 Å². The number of hydrogen-bond donors (Lipinski definition) is 0. The molecule has 106 valence electrons. The van der Waals surface area contributed by atoms with Crippen LogP contribution in [0.4, 0.5) is 5.00 Å². The molecular weight excluding hydrogens is 336 g/mol. The molecule has 3 rings (SSSR count). The highest BCUT2D eigenvalue weighted by Gasteiger charge is 2.16. The molecule has 0 unspecified atom stereocenters. The van der Waals surface area contributed by atoms with Gasteiger partial charge in [-0.1, -0.05) is 11.6 Å². The van der Waals surface area contributed by atoms with Gasteiger partial charge in [0.05, 0.1) is 4.92 Å². The molecule has 0 aliphatic heterocycles. The molecule has 3 aromatic rings. The fourth-order valence-corrected chi connectivity index (χ4v) is 3.10. The lowest BCUT2D eigenvalue weighted by molar-refractivity contribution is -0.380. The van der Waals surface area contributed by atoms with Crippen LogP contribution >= 0.6 is 34.7 Å². The van der Waals surface area contributed by atoms with Crippen molar-refractivity contribution in [3.8, 4) is 11.5 Å². The lowest BCUT2D eigenvalue weighted by Crippen LogP contribution is -1.80. The highest BCUT2D eigenvalue weighted by atomic mass is 35.5. The summed E-state index contributed by atoms with van der Waals surface area (Å²) in [7, 11) is 0. The molecule has 0 bridgehead atoms. The molecule has 0 saturated heterocycles. The highest BCUT2D eigenvalue weighted by Crippen LogP contribution is 2.34. The van der Waals surface area contributed by atoms with Crippen molar-refractivity contribution < 1.29 is 9.34 Å². The number of thiazole rings is 1. The summed E-state index contributed by atoms with van der Waals surface area (Å²) in [6.45, 7) is 0. The Morgan fingerprint density at radius 2 is 2.05 bits per heavy atom. The number of rotatable bonds is 4. The van der Waals surface area contributed by atoms with Crippen molar-refractivity contribution in [3.63, 3.8) is 0 Å². The van der Waals surface area contributed by atoms with E-state index in [0.717, 1.165) is 28.7 Å². The Labute approximate surface area is 131 Å². The molecule has 0 radical (unpaired) electrons. The monoisotopic (exact) mass is 340 g/mol. The van der Waals surface area contributed by atoms with Gasteiger partial charge in [0.15, 0.2) is 4.34 Å². The van der Waals surface area contributed by atoms with E-state index in [4.69, 9.17) is 16.0 Å². The second-order valence-corrected chi connectivity index (χ2v) is 6.35. The van der Waals surface area contributed by atoms with E-state index in [1.165, 1.54) is 6.20 Å². The van der Waals surface area contributed by atoms with Crippen LogP contribution in [0.25, 0.3) is 11.5 Å². The smallest absolute Gasteiger partial charge is 0.344 e. The van der Waals surface area contributed by atoms with Crippen LogP contribution in [-0.4, -0.2) is 20.1 Å². The Balaban J connectivity index is 1.78. The van der Waals surface area contributed by atoms with Crippen LogP contribution in [0, 0.1) is 10.1 Å². The number of nitrogens with zero attached hydrogens (tertiary/aromatic N) is 4. The summed E-state index contributed by atoms with van der Waals surface area (Å²) in [5.41, 5.74) is 0.740. The summed E-state index contributed by atoms with van der Waals surface area (Å²) < 4.78 is 5.94. The van der Waals surface area contributed by atoms with Crippen LogP contribution < -0.4 is 0 Å². The molecule has 7 nitrogen and oxygen atoms in total. The standard InChI is InChI=1S/C11H5ClN4O3S2/c12-7-3-1-6(2-4-7)9-14-15-10(19-9)21-11-13-5-8(20-11)16(17)18/h1-5H. The molecule has 2 aromatic heterocycles. The Kier molecular flexibility index (Phi) is 3.86. The molecule has 0 fully saturated rings. The second-order valence-electron chi connectivity index (χ2n) is 3.70. The summed E-state index contributed by atoms with van der Waals surface area (Å²) >= 11 is 7.84. The maximum atomic E-state index is 10.6. The highest BCUT2D eigenvalue weighted by molar-refractivity contribution is 8.00. The van der Waals surface area contributed by atoms with E-state index >= 15 is 0 Å². The minimum absolute atomic E-state index is 0.0325. The quantitative estimate of drug-likeness (QED) is 0.524. The van der Waals surface area contributed by atoms with Gasteiger partial charge in [-0.25, -0.2) is 4.98 Å². The first-order chi connectivity index (χ1) is 10.1. The Morgan fingerprint density at radius 3 is 2.71 bits per heavy atom. The molecule has 1 aromatic carbocycles. The first-order valence-corrected chi connectivity index (χ1v) is 7.50. The molecule has 10 heteroatoms. The van der Waals surface area contributed by atoms with Gasteiger partial charge >= 0.3 is 5.00 Å². The van der Waals surface area contributed by atoms with Gasteiger partial charge in [-0.05, 0) is 35.6 Å². The van der Waals surface area contributed by atoms with Gasteiger partial charge < -0.3 is 4.42 Å². The number of benzene rings is 1. The first-order valence-electron chi connectivity index (χ1n) is 5.49. The van der Waals surface area contributed by atoms with Crippen LogP contribution in [-0.2, 0) is 0 Å². The third-order valence-electron chi connectivity index (χ3n) is 2.32. The molecule has 0 aliphatic rings. The first kappa shape index (κ1) is 14.0. The number of nitro groups is 1. The Hall–Kier alpha value is -1.97. The average Bonchev–Trinajstić information content (AvgIpc) is 3.10. The van der Waals surface area contributed by atoms with Crippen LogP contribution in [0.1, 0.15) is 0 Å². The molecule has 2 heterocycles. The zero-order valence-corrected chi connectivity index (χ0v) is 12.5. The third kappa shape index (κ3) is 3.20. The molecule has 21 heavy (non-hydrogen) atoms. The summed E-state index contributed by atoms with van der Waals surface area (Å²) in [5, 5.41) is 19.2. The van der Waals surface area contributed by atoms with E-state index in [1.54, 1.807) is 24.3 Å². The summed E-state index contributed by atoms with van der Waals surface area (Å²) in [5.74, 6) is 0.347. The predicted octanol–water partition coefficient (Wildman–Crippen LogP) is 3.91. The van der Waals surface area contributed by atoms with E-state index in [0.29, 0.717) is 15.3 Å². The summed E-state index contributed by atoms with van der Waals surface area (Å²) in [6.07, 6.45) is 1.20. The van der Waals surface area contributed by atoms with Gasteiger partial charge in [-0.3, -0.25) is 10.1 Å². The lowest BCUT2D eigenvalue weighted by atomic mass is 10.2. The molecule has 0 saturated carbocycles. The Morgan fingerprint density at radius 1 is 1.29 bits per heavy atom. The van der Waals surface area contributed by atoms with E-state index in [9.17, 15) is 10.1 Å². The van der Waals surface area contributed by atoms with Crippen molar-refractivity contribution in [2.75, 3.05) is 0 Å². The third-order valence-corrected chi connectivity index (χ3v) is 4.44. The van der Waals surface area contributed by atoms with Crippen molar-refractivity contribution in [1.82, 2.24) is 15.2 Å². The molecule has 0 spiro atoms. The largest absolute Gasteiger partial charge is 0.411 e. The number of hydrogen-bond acceptors (Lipinski definition) is 8. The van der Waals surface area contributed by atoms with Crippen LogP contribution in [0.5, 0.6) is 0 Å². The second kappa shape index (κ2) is 5.80. The van der Waals surface area contributed by atoms with Crippen LogP contribution in [0.2, 0.25) is 5.02 Å². The van der Waals surface area contributed by atoms with E-state index < -0.39 is 4.92 Å². The average molecular weight is 341 g/mol. The normalized spacial score (nSPS) is 10.7. The zero-order chi connectivity index (χ0) is 14.8. The molecule has 0 N–H and O–H groups in total. The van der Waals surface area contributed by atoms with Gasteiger partial charge in [0.1, 0.15) is 6.20 Å². The number of aromatic nitrogens is 3. The van der Waals surface area contributed by atoms with Gasteiger partial charge in [-0.15, -0.1) is 10.2 Å². The SMILES string of the molecule is O=[N+]([O-])c1cnc(Sc2nnc(-c3ccc(Cl)cc3)o2)s1. The summed E-state index contributed by atoms with van der Waals surface area (Å²) in [4.78, 5) is 14.0. The van der Waals surface area contributed by atoms with Crippen molar-refractivity contribution in [1.29, 1.82) is 0 Å². The van der Waals surface area contributed by atoms with Crippen molar-refractivity contribution in [2.24, 2.45) is 0 Å². The summed E-state index contributed by atoms with van der Waals surface area (Å²) in [6, 6.07) is 6.97. The Bertz CT molecular complexity index is 787. The van der Waals surface area contributed by atoms with E-state index in [-0.39, 0.29) is 10.2 Å². The molecule has 0 aliphatic carbocycles. The van der Waals surface area contributed by atoms with Gasteiger partial charge in [0.25, 0.3) is 5.22 Å². The molecule has 0 atom stereocenters. The van der Waals surface area contributed by atoms with Gasteiger partial charge in [-0.2, -0.15) is 0 Å².